The van der Waals surface area contributed by atoms with E-state index in [1.807, 2.05) is 31.4 Å². The van der Waals surface area contributed by atoms with Crippen LogP contribution in [0, 0.1) is 17.8 Å². The average Bonchev–Trinajstić information content (AvgIpc) is 2.79. The van der Waals surface area contributed by atoms with Crippen molar-refractivity contribution >= 4 is 8.32 Å². The number of methoxy groups -OCH3 is 2. The van der Waals surface area contributed by atoms with Crippen molar-refractivity contribution in [2.45, 2.75) is 97.4 Å². The maximum absolute atomic E-state index is 6.92. The molecule has 5 nitrogen and oxygen atoms in total. The van der Waals surface area contributed by atoms with Gasteiger partial charge in [0.15, 0.2) is 14.6 Å². The highest BCUT2D eigenvalue weighted by atomic mass is 28.4. The molecule has 6 heteroatoms. The molecule has 1 aliphatic rings. The van der Waals surface area contributed by atoms with Gasteiger partial charge in [-0.15, -0.1) is 0 Å². The van der Waals surface area contributed by atoms with Crippen molar-refractivity contribution in [1.82, 2.24) is 0 Å². The zero-order valence-corrected chi connectivity index (χ0v) is 24.5. The zero-order chi connectivity index (χ0) is 25.6. The van der Waals surface area contributed by atoms with Crippen LogP contribution in [0.5, 0.6) is 5.75 Å². The van der Waals surface area contributed by atoms with Gasteiger partial charge >= 0.3 is 0 Å². The van der Waals surface area contributed by atoms with E-state index < -0.39 is 8.32 Å². The van der Waals surface area contributed by atoms with Gasteiger partial charge in [0, 0.05) is 37.0 Å². The minimum atomic E-state index is -1.92. The molecule has 0 aliphatic carbocycles. The van der Waals surface area contributed by atoms with E-state index in [2.05, 4.69) is 62.3 Å². The van der Waals surface area contributed by atoms with Crippen LogP contribution < -0.4 is 4.74 Å². The summed E-state index contributed by atoms with van der Waals surface area (Å²) < 4.78 is 30.9. The summed E-state index contributed by atoms with van der Waals surface area (Å²) in [5.74, 6) is 1.58. The van der Waals surface area contributed by atoms with Crippen LogP contribution in [0.15, 0.2) is 24.3 Å². The molecule has 1 heterocycles. The first kappa shape index (κ1) is 29.3. The molecule has 1 aliphatic heterocycles. The van der Waals surface area contributed by atoms with E-state index in [4.69, 9.17) is 23.4 Å². The molecule has 0 amide bonds. The maximum Gasteiger partial charge on any atom is 0.200 e. The lowest BCUT2D eigenvalue weighted by Gasteiger charge is -2.44. The molecule has 0 saturated carbocycles. The van der Waals surface area contributed by atoms with Gasteiger partial charge in [0.05, 0.1) is 25.9 Å². The van der Waals surface area contributed by atoms with E-state index >= 15 is 0 Å². The van der Waals surface area contributed by atoms with Crippen LogP contribution in [0.25, 0.3) is 0 Å². The molecule has 1 aromatic rings. The standard InChI is InChI=1S/C28H50O5Si/c1-18(2)34(19(3)4,20(5)6)32-17-22(8)26(30-11)23(9)27-21(7)16-31-28(33-27)24-12-14-25(29-10)15-13-24/h12-15,18-23,26-28H,16-17H2,1-11H3/t21-,22-,23-,26-,27-,28-/m0/s1. The molecule has 1 aromatic carbocycles. The van der Waals surface area contributed by atoms with Crippen molar-refractivity contribution in [3.8, 4) is 5.75 Å². The molecule has 6 atom stereocenters. The smallest absolute Gasteiger partial charge is 0.200 e. The van der Waals surface area contributed by atoms with Gasteiger partial charge in [-0.1, -0.05) is 74.4 Å². The largest absolute Gasteiger partial charge is 0.497 e. The summed E-state index contributed by atoms with van der Waals surface area (Å²) in [5, 5.41) is 0. The van der Waals surface area contributed by atoms with Gasteiger partial charge in [0.2, 0.25) is 0 Å². The summed E-state index contributed by atoms with van der Waals surface area (Å²) in [6, 6.07) is 7.92. The topological polar surface area (TPSA) is 46.2 Å². The first-order chi connectivity index (χ1) is 16.0. The summed E-state index contributed by atoms with van der Waals surface area (Å²) in [6.45, 7) is 22.1. The molecule has 196 valence electrons. The van der Waals surface area contributed by atoms with E-state index in [1.54, 1.807) is 7.11 Å². The first-order valence-electron chi connectivity index (χ1n) is 13.1. The van der Waals surface area contributed by atoms with Crippen LogP contribution in [0.1, 0.15) is 74.2 Å². The fourth-order valence-electron chi connectivity index (χ4n) is 6.25. The predicted molar refractivity (Wildman–Crippen MR) is 142 cm³/mol. The second-order valence-corrected chi connectivity index (χ2v) is 16.6. The highest BCUT2D eigenvalue weighted by molar-refractivity contribution is 6.77. The lowest BCUT2D eigenvalue weighted by atomic mass is 9.84. The lowest BCUT2D eigenvalue weighted by molar-refractivity contribution is -0.258. The Labute approximate surface area is 210 Å². The zero-order valence-electron chi connectivity index (χ0n) is 23.5. The number of hydrogen-bond acceptors (Lipinski definition) is 5. The van der Waals surface area contributed by atoms with Gasteiger partial charge in [-0.05, 0) is 28.8 Å². The molecule has 2 rings (SSSR count). The minimum absolute atomic E-state index is 0.0375. The molecule has 34 heavy (non-hydrogen) atoms. The number of ether oxygens (including phenoxy) is 4. The van der Waals surface area contributed by atoms with E-state index in [-0.39, 0.29) is 36.3 Å². The second-order valence-electron chi connectivity index (χ2n) is 11.2. The predicted octanol–water partition coefficient (Wildman–Crippen LogP) is 7.22. The van der Waals surface area contributed by atoms with Crippen molar-refractivity contribution in [2.75, 3.05) is 27.4 Å². The molecule has 1 fully saturated rings. The SMILES string of the molecule is COc1ccc([C@H]2OC[C@H](C)[C@@H]([C@@H](C)[C@@H](OC)[C@@H](C)CO[Si](C(C)C)(C(C)C)C(C)C)O2)cc1. The third kappa shape index (κ3) is 6.44. The van der Waals surface area contributed by atoms with Gasteiger partial charge in [-0.2, -0.15) is 0 Å². The number of benzene rings is 1. The molecule has 0 spiro atoms. The number of hydrogen-bond donors (Lipinski definition) is 0. The Balaban J connectivity index is 2.13. The van der Waals surface area contributed by atoms with E-state index in [9.17, 15) is 0 Å². The molecule has 0 unspecified atom stereocenters. The molecule has 0 radical (unpaired) electrons. The summed E-state index contributed by atoms with van der Waals surface area (Å²) in [5.41, 5.74) is 2.73. The second kappa shape index (κ2) is 12.9. The van der Waals surface area contributed by atoms with E-state index in [0.717, 1.165) is 17.9 Å². The van der Waals surface area contributed by atoms with Gasteiger partial charge < -0.3 is 23.4 Å². The Kier molecular flexibility index (Phi) is 11.1. The molecule has 0 aromatic heterocycles. The van der Waals surface area contributed by atoms with E-state index in [1.165, 1.54) is 0 Å². The number of rotatable bonds is 12. The van der Waals surface area contributed by atoms with Crippen LogP contribution >= 0.6 is 0 Å². The van der Waals surface area contributed by atoms with Gasteiger partial charge in [-0.3, -0.25) is 0 Å². The average molecular weight is 495 g/mol. The Morgan fingerprint density at radius 1 is 0.912 bits per heavy atom. The summed E-state index contributed by atoms with van der Waals surface area (Å²) in [7, 11) is 1.58. The fraction of sp³-hybridized carbons (Fsp3) is 0.786. The lowest BCUT2D eigenvalue weighted by Crippen LogP contribution is -2.50. The van der Waals surface area contributed by atoms with Gasteiger partial charge in [0.25, 0.3) is 0 Å². The van der Waals surface area contributed by atoms with Crippen LogP contribution in [0.4, 0.5) is 0 Å². The van der Waals surface area contributed by atoms with Crippen LogP contribution in [0.3, 0.4) is 0 Å². The maximum atomic E-state index is 6.92. The molecule has 0 N–H and O–H groups in total. The van der Waals surface area contributed by atoms with Gasteiger partial charge in [0.1, 0.15) is 5.75 Å². The van der Waals surface area contributed by atoms with Crippen LogP contribution in [-0.2, 0) is 18.6 Å². The third-order valence-electron chi connectivity index (χ3n) is 7.91. The van der Waals surface area contributed by atoms with Crippen LogP contribution in [-0.4, -0.2) is 48.0 Å². The summed E-state index contributed by atoms with van der Waals surface area (Å²) in [6.07, 6.45) is -0.294. The highest BCUT2D eigenvalue weighted by Gasteiger charge is 2.46. The Morgan fingerprint density at radius 3 is 1.94 bits per heavy atom. The molecular weight excluding hydrogens is 444 g/mol. The Hall–Kier alpha value is -0.923. The van der Waals surface area contributed by atoms with Crippen molar-refractivity contribution < 1.29 is 23.4 Å². The first-order valence-corrected chi connectivity index (χ1v) is 15.2. The molecule has 1 saturated heterocycles. The van der Waals surface area contributed by atoms with Crippen molar-refractivity contribution in [3.63, 3.8) is 0 Å². The highest BCUT2D eigenvalue weighted by Crippen LogP contribution is 2.43. The quantitative estimate of drug-likeness (QED) is 0.287. The van der Waals surface area contributed by atoms with E-state index in [0.29, 0.717) is 23.2 Å². The van der Waals surface area contributed by atoms with Crippen molar-refractivity contribution in [2.24, 2.45) is 17.8 Å². The summed E-state index contributed by atoms with van der Waals surface area (Å²) in [4.78, 5) is 0. The van der Waals surface area contributed by atoms with Crippen LogP contribution in [0.2, 0.25) is 16.6 Å². The normalized spacial score (nSPS) is 24.5. The molecule has 0 bridgehead atoms. The van der Waals surface area contributed by atoms with Gasteiger partial charge in [-0.25, -0.2) is 0 Å². The third-order valence-corrected chi connectivity index (χ3v) is 14.0. The Morgan fingerprint density at radius 2 is 1.47 bits per heavy atom. The van der Waals surface area contributed by atoms with Crippen molar-refractivity contribution in [3.05, 3.63) is 29.8 Å². The monoisotopic (exact) mass is 494 g/mol. The minimum Gasteiger partial charge on any atom is -0.497 e. The summed E-state index contributed by atoms with van der Waals surface area (Å²) >= 11 is 0. The Bertz CT molecular complexity index is 698. The fourth-order valence-corrected chi connectivity index (χ4v) is 11.8. The molecular formula is C28H50O5Si. The van der Waals surface area contributed by atoms with Crippen molar-refractivity contribution in [1.29, 1.82) is 0 Å².